The summed E-state index contributed by atoms with van der Waals surface area (Å²) >= 11 is 0. The summed E-state index contributed by atoms with van der Waals surface area (Å²) in [6.45, 7) is 6.50. The minimum absolute atomic E-state index is 0.136. The van der Waals surface area contributed by atoms with Gasteiger partial charge in [-0.3, -0.25) is 0 Å². The van der Waals surface area contributed by atoms with Crippen molar-refractivity contribution in [1.29, 1.82) is 0 Å². The van der Waals surface area contributed by atoms with Crippen LogP contribution in [-0.2, 0) is 4.74 Å². The number of nitrogens with one attached hydrogen (secondary N) is 1. The van der Waals surface area contributed by atoms with Crippen molar-refractivity contribution >= 4 is 5.69 Å². The molecule has 1 saturated heterocycles. The van der Waals surface area contributed by atoms with E-state index < -0.39 is 0 Å². The highest BCUT2D eigenvalue weighted by Gasteiger charge is 2.35. The lowest BCUT2D eigenvalue weighted by molar-refractivity contribution is 0.153. The maximum Gasteiger partial charge on any atom is 0.125 e. The zero-order valence-corrected chi connectivity index (χ0v) is 11.8. The summed E-state index contributed by atoms with van der Waals surface area (Å²) in [5, 5.41) is 3.42. The van der Waals surface area contributed by atoms with Gasteiger partial charge in [0.05, 0.1) is 6.61 Å². The van der Waals surface area contributed by atoms with Gasteiger partial charge in [0.1, 0.15) is 5.82 Å². The Hall–Kier alpha value is -1.13. The minimum atomic E-state index is -0.187. The van der Waals surface area contributed by atoms with Crippen LogP contribution in [0.1, 0.15) is 13.3 Å². The average Bonchev–Trinajstić information content (AvgIpc) is 2.85. The first-order valence-electron chi connectivity index (χ1n) is 6.90. The Morgan fingerprint density at radius 1 is 1.47 bits per heavy atom. The topological polar surface area (TPSA) is 24.5 Å². The van der Waals surface area contributed by atoms with Gasteiger partial charge < -0.3 is 15.0 Å². The fourth-order valence-electron chi connectivity index (χ4n) is 2.67. The van der Waals surface area contributed by atoms with E-state index in [0.29, 0.717) is 0 Å². The third-order valence-corrected chi connectivity index (χ3v) is 3.76. The monoisotopic (exact) mass is 266 g/mol. The quantitative estimate of drug-likeness (QED) is 0.855. The molecule has 1 N–H and O–H groups in total. The van der Waals surface area contributed by atoms with Gasteiger partial charge >= 0.3 is 0 Å². The van der Waals surface area contributed by atoms with Crippen LogP contribution in [0.5, 0.6) is 0 Å². The number of ether oxygens (including phenoxy) is 1. The molecule has 2 rings (SSSR count). The van der Waals surface area contributed by atoms with Crippen molar-refractivity contribution in [3.63, 3.8) is 0 Å². The van der Waals surface area contributed by atoms with E-state index >= 15 is 0 Å². The van der Waals surface area contributed by atoms with Crippen molar-refractivity contribution in [2.75, 3.05) is 44.8 Å². The molecule has 0 bridgehead atoms. The van der Waals surface area contributed by atoms with Crippen LogP contribution in [0.15, 0.2) is 24.3 Å². The van der Waals surface area contributed by atoms with E-state index in [4.69, 9.17) is 4.74 Å². The van der Waals surface area contributed by atoms with Crippen molar-refractivity contribution < 1.29 is 9.13 Å². The van der Waals surface area contributed by atoms with Crippen LogP contribution in [0.25, 0.3) is 0 Å². The molecule has 0 spiro atoms. The maximum atomic E-state index is 13.3. The standard InChI is InChI=1S/C15H23FN2O/c1-3-17-10-15(7-8-19-12-15)11-18(2)14-6-4-5-13(16)9-14/h4-6,9,17H,3,7-8,10-12H2,1-2H3. The van der Waals surface area contributed by atoms with Crippen LogP contribution in [0.4, 0.5) is 10.1 Å². The summed E-state index contributed by atoms with van der Waals surface area (Å²) in [6, 6.07) is 6.75. The molecule has 1 heterocycles. The van der Waals surface area contributed by atoms with Crippen LogP contribution >= 0.6 is 0 Å². The summed E-state index contributed by atoms with van der Waals surface area (Å²) in [5.41, 5.74) is 1.06. The minimum Gasteiger partial charge on any atom is -0.381 e. The Balaban J connectivity index is 2.04. The Bertz CT molecular complexity index is 405. The number of hydrogen-bond acceptors (Lipinski definition) is 3. The van der Waals surface area contributed by atoms with Crippen molar-refractivity contribution in [3.05, 3.63) is 30.1 Å². The SMILES string of the molecule is CCNCC1(CN(C)c2cccc(F)c2)CCOC1. The highest BCUT2D eigenvalue weighted by Crippen LogP contribution is 2.30. The average molecular weight is 266 g/mol. The van der Waals surface area contributed by atoms with Crippen LogP contribution in [0.2, 0.25) is 0 Å². The molecule has 0 saturated carbocycles. The molecule has 4 heteroatoms. The molecule has 1 fully saturated rings. The zero-order valence-electron chi connectivity index (χ0n) is 11.8. The number of hydrogen-bond donors (Lipinski definition) is 1. The number of rotatable bonds is 6. The molecule has 1 atom stereocenters. The van der Waals surface area contributed by atoms with Gasteiger partial charge in [-0.25, -0.2) is 4.39 Å². The number of benzene rings is 1. The summed E-state index contributed by atoms with van der Waals surface area (Å²) in [7, 11) is 2.01. The second-order valence-electron chi connectivity index (χ2n) is 5.42. The highest BCUT2D eigenvalue weighted by atomic mass is 19.1. The van der Waals surface area contributed by atoms with Gasteiger partial charge in [0, 0.05) is 37.8 Å². The Morgan fingerprint density at radius 2 is 2.32 bits per heavy atom. The molecule has 0 radical (unpaired) electrons. The van der Waals surface area contributed by atoms with Crippen LogP contribution in [0.3, 0.4) is 0 Å². The maximum absolute atomic E-state index is 13.3. The Kier molecular flexibility index (Phi) is 4.77. The van der Waals surface area contributed by atoms with E-state index in [1.807, 2.05) is 13.1 Å². The van der Waals surface area contributed by atoms with Gasteiger partial charge in [-0.2, -0.15) is 0 Å². The van der Waals surface area contributed by atoms with Crippen molar-refractivity contribution in [1.82, 2.24) is 5.32 Å². The van der Waals surface area contributed by atoms with Crippen molar-refractivity contribution in [2.24, 2.45) is 5.41 Å². The van der Waals surface area contributed by atoms with E-state index in [-0.39, 0.29) is 11.2 Å². The van der Waals surface area contributed by atoms with E-state index in [1.165, 1.54) is 6.07 Å². The fraction of sp³-hybridized carbons (Fsp3) is 0.600. The molecule has 1 aromatic rings. The van der Waals surface area contributed by atoms with Gasteiger partial charge in [0.25, 0.3) is 0 Å². The summed E-state index contributed by atoms with van der Waals surface area (Å²) < 4.78 is 18.9. The molecule has 0 amide bonds. The number of nitrogens with zero attached hydrogens (tertiary/aromatic N) is 1. The summed E-state index contributed by atoms with van der Waals surface area (Å²) in [5.74, 6) is -0.187. The third kappa shape index (κ3) is 3.67. The largest absolute Gasteiger partial charge is 0.381 e. The molecule has 1 aliphatic heterocycles. The van der Waals surface area contributed by atoms with Gasteiger partial charge in [-0.15, -0.1) is 0 Å². The fourth-order valence-corrected chi connectivity index (χ4v) is 2.67. The van der Waals surface area contributed by atoms with Gasteiger partial charge in [-0.05, 0) is 31.2 Å². The van der Waals surface area contributed by atoms with Crippen molar-refractivity contribution in [2.45, 2.75) is 13.3 Å². The Labute approximate surface area is 114 Å². The Morgan fingerprint density at radius 3 is 2.95 bits per heavy atom. The smallest absolute Gasteiger partial charge is 0.125 e. The van der Waals surface area contributed by atoms with Crippen LogP contribution < -0.4 is 10.2 Å². The molecule has 3 nitrogen and oxygen atoms in total. The molecular weight excluding hydrogens is 243 g/mol. The van der Waals surface area contributed by atoms with E-state index in [2.05, 4.69) is 17.1 Å². The molecule has 19 heavy (non-hydrogen) atoms. The van der Waals surface area contributed by atoms with E-state index in [9.17, 15) is 4.39 Å². The van der Waals surface area contributed by atoms with Crippen LogP contribution in [0, 0.1) is 11.2 Å². The number of anilines is 1. The zero-order chi connectivity index (χ0) is 13.7. The van der Waals surface area contributed by atoms with E-state index in [0.717, 1.165) is 45.0 Å². The van der Waals surface area contributed by atoms with Gasteiger partial charge in [-0.1, -0.05) is 13.0 Å². The second kappa shape index (κ2) is 6.35. The predicted molar refractivity (Wildman–Crippen MR) is 76.1 cm³/mol. The van der Waals surface area contributed by atoms with E-state index in [1.54, 1.807) is 12.1 Å². The molecule has 0 aliphatic carbocycles. The van der Waals surface area contributed by atoms with Gasteiger partial charge in [0.15, 0.2) is 0 Å². The third-order valence-electron chi connectivity index (χ3n) is 3.76. The summed E-state index contributed by atoms with van der Waals surface area (Å²) in [6.07, 6.45) is 1.06. The molecule has 1 unspecified atom stereocenters. The number of halogens is 1. The lowest BCUT2D eigenvalue weighted by Gasteiger charge is -2.33. The first-order valence-corrected chi connectivity index (χ1v) is 6.90. The molecule has 1 aromatic carbocycles. The lowest BCUT2D eigenvalue weighted by atomic mass is 9.86. The lowest BCUT2D eigenvalue weighted by Crippen LogP contribution is -2.43. The van der Waals surface area contributed by atoms with Crippen molar-refractivity contribution in [3.8, 4) is 0 Å². The molecular formula is C15H23FN2O. The predicted octanol–water partition coefficient (Wildman–Crippen LogP) is 2.28. The first kappa shape index (κ1) is 14.3. The molecule has 0 aromatic heterocycles. The van der Waals surface area contributed by atoms with Crippen LogP contribution in [-0.4, -0.2) is 39.9 Å². The van der Waals surface area contributed by atoms with Gasteiger partial charge in [0.2, 0.25) is 0 Å². The first-order chi connectivity index (χ1) is 9.15. The highest BCUT2D eigenvalue weighted by molar-refractivity contribution is 5.45. The molecule has 1 aliphatic rings. The second-order valence-corrected chi connectivity index (χ2v) is 5.42. The molecule has 106 valence electrons. The normalized spacial score (nSPS) is 22.7. The summed E-state index contributed by atoms with van der Waals surface area (Å²) in [4.78, 5) is 2.12.